The Bertz CT molecular complexity index is 436. The van der Waals surface area contributed by atoms with Crippen molar-refractivity contribution < 1.29 is 9.53 Å². The summed E-state index contributed by atoms with van der Waals surface area (Å²) in [6, 6.07) is 7.87. The highest BCUT2D eigenvalue weighted by Crippen LogP contribution is 2.30. The second-order valence-corrected chi connectivity index (χ2v) is 6.19. The largest absolute Gasteiger partial charge is 0.483 e. The van der Waals surface area contributed by atoms with Gasteiger partial charge in [0.1, 0.15) is 5.75 Å². The van der Waals surface area contributed by atoms with Crippen molar-refractivity contribution in [3.05, 3.63) is 29.8 Å². The maximum Gasteiger partial charge on any atom is 0.257 e. The van der Waals surface area contributed by atoms with Crippen LogP contribution in [-0.2, 0) is 10.2 Å². The molecule has 0 radical (unpaired) electrons. The van der Waals surface area contributed by atoms with Crippen LogP contribution in [0.15, 0.2) is 24.3 Å². The Morgan fingerprint density at radius 1 is 1.25 bits per heavy atom. The molecule has 0 unspecified atom stereocenters. The molecule has 0 saturated heterocycles. The van der Waals surface area contributed by atoms with Gasteiger partial charge < -0.3 is 15.0 Å². The molecule has 0 aliphatic rings. The number of carbonyl (C=O) groups is 1. The molecule has 4 heteroatoms. The first-order chi connectivity index (χ1) is 9.30. The minimum absolute atomic E-state index is 0.00199. The van der Waals surface area contributed by atoms with E-state index in [0.29, 0.717) is 6.54 Å². The molecule has 0 aliphatic carbocycles. The third-order valence-electron chi connectivity index (χ3n) is 2.94. The van der Waals surface area contributed by atoms with Crippen molar-refractivity contribution in [1.29, 1.82) is 0 Å². The highest BCUT2D eigenvalue weighted by molar-refractivity contribution is 5.77. The minimum atomic E-state index is -0.0874. The van der Waals surface area contributed by atoms with E-state index in [1.807, 2.05) is 43.3 Å². The Morgan fingerprint density at radius 3 is 2.50 bits per heavy atom. The standard InChI is InChI=1S/C16H26N2O2/c1-16(2,3)13-8-6-7-9-14(13)20-12-15(19)17-10-11-18(4)5/h6-9H,10-12H2,1-5H3,(H,17,19). The van der Waals surface area contributed by atoms with Crippen LogP contribution in [0, 0.1) is 0 Å². The molecule has 0 saturated carbocycles. The van der Waals surface area contributed by atoms with Gasteiger partial charge in [-0.05, 0) is 31.1 Å². The van der Waals surface area contributed by atoms with Crippen LogP contribution in [0.1, 0.15) is 26.3 Å². The zero-order valence-electron chi connectivity index (χ0n) is 13.2. The molecular weight excluding hydrogens is 252 g/mol. The normalized spacial score (nSPS) is 11.5. The van der Waals surface area contributed by atoms with Crippen molar-refractivity contribution >= 4 is 5.91 Å². The second kappa shape index (κ2) is 7.29. The van der Waals surface area contributed by atoms with E-state index < -0.39 is 0 Å². The number of nitrogens with one attached hydrogen (secondary N) is 1. The molecule has 1 aromatic rings. The first-order valence-corrected chi connectivity index (χ1v) is 6.94. The summed E-state index contributed by atoms with van der Waals surface area (Å²) in [6.07, 6.45) is 0. The molecule has 1 N–H and O–H groups in total. The predicted octanol–water partition coefficient (Wildman–Crippen LogP) is 2.04. The molecule has 0 atom stereocenters. The first kappa shape index (κ1) is 16.5. The van der Waals surface area contributed by atoms with E-state index in [4.69, 9.17) is 4.74 Å². The van der Waals surface area contributed by atoms with Crippen LogP contribution < -0.4 is 10.1 Å². The lowest BCUT2D eigenvalue weighted by Crippen LogP contribution is -2.34. The van der Waals surface area contributed by atoms with E-state index >= 15 is 0 Å². The van der Waals surface area contributed by atoms with Crippen LogP contribution >= 0.6 is 0 Å². The van der Waals surface area contributed by atoms with Gasteiger partial charge in [-0.15, -0.1) is 0 Å². The van der Waals surface area contributed by atoms with Gasteiger partial charge >= 0.3 is 0 Å². The fourth-order valence-electron chi connectivity index (χ4n) is 1.83. The molecule has 1 aromatic carbocycles. The first-order valence-electron chi connectivity index (χ1n) is 6.94. The summed E-state index contributed by atoms with van der Waals surface area (Å²) in [7, 11) is 3.95. The van der Waals surface area contributed by atoms with Crippen molar-refractivity contribution in [2.24, 2.45) is 0 Å². The number of benzene rings is 1. The molecule has 1 rings (SSSR count). The monoisotopic (exact) mass is 278 g/mol. The lowest BCUT2D eigenvalue weighted by atomic mass is 9.86. The summed E-state index contributed by atoms with van der Waals surface area (Å²) in [4.78, 5) is 13.7. The van der Waals surface area contributed by atoms with E-state index in [9.17, 15) is 4.79 Å². The minimum Gasteiger partial charge on any atom is -0.483 e. The number of likely N-dealkylation sites (N-methyl/N-ethyl adjacent to an activating group) is 1. The van der Waals surface area contributed by atoms with Gasteiger partial charge in [0.15, 0.2) is 6.61 Å². The van der Waals surface area contributed by atoms with Crippen molar-refractivity contribution in [2.75, 3.05) is 33.8 Å². The van der Waals surface area contributed by atoms with Crippen molar-refractivity contribution in [3.63, 3.8) is 0 Å². The summed E-state index contributed by atoms with van der Waals surface area (Å²) < 4.78 is 5.66. The molecule has 1 amide bonds. The number of rotatable bonds is 6. The van der Waals surface area contributed by atoms with Crippen LogP contribution in [0.2, 0.25) is 0 Å². The zero-order chi connectivity index (χ0) is 15.2. The molecule has 0 heterocycles. The number of hydrogen-bond acceptors (Lipinski definition) is 3. The van der Waals surface area contributed by atoms with Crippen LogP contribution in [0.5, 0.6) is 5.75 Å². The van der Waals surface area contributed by atoms with Gasteiger partial charge in [0.05, 0.1) is 0 Å². The van der Waals surface area contributed by atoms with E-state index in [0.717, 1.165) is 17.9 Å². The van der Waals surface area contributed by atoms with Gasteiger partial charge in [0.2, 0.25) is 0 Å². The highest BCUT2D eigenvalue weighted by atomic mass is 16.5. The Kier molecular flexibility index (Phi) is 6.02. The lowest BCUT2D eigenvalue weighted by Gasteiger charge is -2.22. The lowest BCUT2D eigenvalue weighted by molar-refractivity contribution is -0.123. The predicted molar refractivity (Wildman–Crippen MR) is 82.2 cm³/mol. The van der Waals surface area contributed by atoms with Crippen molar-refractivity contribution in [3.8, 4) is 5.75 Å². The summed E-state index contributed by atoms with van der Waals surface area (Å²) >= 11 is 0. The maximum absolute atomic E-state index is 11.7. The van der Waals surface area contributed by atoms with Crippen LogP contribution in [0.3, 0.4) is 0 Å². The zero-order valence-corrected chi connectivity index (χ0v) is 13.2. The van der Waals surface area contributed by atoms with E-state index in [1.54, 1.807) is 0 Å². The fourth-order valence-corrected chi connectivity index (χ4v) is 1.83. The summed E-state index contributed by atoms with van der Waals surface area (Å²) in [6.45, 7) is 7.91. The molecule has 0 aliphatic heterocycles. The van der Waals surface area contributed by atoms with Crippen molar-refractivity contribution in [1.82, 2.24) is 10.2 Å². The average molecular weight is 278 g/mol. The van der Waals surface area contributed by atoms with Crippen LogP contribution in [-0.4, -0.2) is 44.6 Å². The summed E-state index contributed by atoms with van der Waals surface area (Å²) in [5, 5.41) is 2.84. The Hall–Kier alpha value is -1.55. The van der Waals surface area contributed by atoms with Gasteiger partial charge in [-0.2, -0.15) is 0 Å². The van der Waals surface area contributed by atoms with Crippen LogP contribution in [0.25, 0.3) is 0 Å². The number of hydrogen-bond donors (Lipinski definition) is 1. The SMILES string of the molecule is CN(C)CCNC(=O)COc1ccccc1C(C)(C)C. The molecule has 4 nitrogen and oxygen atoms in total. The molecule has 0 fully saturated rings. The number of carbonyl (C=O) groups excluding carboxylic acids is 1. The van der Waals surface area contributed by atoms with Gasteiger partial charge in [-0.1, -0.05) is 39.0 Å². The smallest absolute Gasteiger partial charge is 0.257 e. The Labute approximate surface area is 122 Å². The van der Waals surface area contributed by atoms with Gasteiger partial charge in [-0.25, -0.2) is 0 Å². The fraction of sp³-hybridized carbons (Fsp3) is 0.562. The number of ether oxygens (including phenoxy) is 1. The maximum atomic E-state index is 11.7. The summed E-state index contributed by atoms with van der Waals surface area (Å²) in [5.41, 5.74) is 1.11. The van der Waals surface area contributed by atoms with Gasteiger partial charge in [0, 0.05) is 13.1 Å². The van der Waals surface area contributed by atoms with Gasteiger partial charge in [-0.3, -0.25) is 4.79 Å². The third-order valence-corrected chi connectivity index (χ3v) is 2.94. The van der Waals surface area contributed by atoms with Crippen molar-refractivity contribution in [2.45, 2.75) is 26.2 Å². The van der Waals surface area contributed by atoms with E-state index in [-0.39, 0.29) is 17.9 Å². The topological polar surface area (TPSA) is 41.6 Å². The summed E-state index contributed by atoms with van der Waals surface area (Å²) in [5.74, 6) is 0.693. The second-order valence-electron chi connectivity index (χ2n) is 6.19. The third kappa shape index (κ3) is 5.61. The highest BCUT2D eigenvalue weighted by Gasteiger charge is 2.18. The van der Waals surface area contributed by atoms with E-state index in [2.05, 4.69) is 26.1 Å². The molecule has 112 valence electrons. The van der Waals surface area contributed by atoms with E-state index in [1.165, 1.54) is 0 Å². The Balaban J connectivity index is 2.52. The molecule has 20 heavy (non-hydrogen) atoms. The van der Waals surface area contributed by atoms with Crippen LogP contribution in [0.4, 0.5) is 0 Å². The average Bonchev–Trinajstić information content (AvgIpc) is 2.35. The molecular formula is C16H26N2O2. The number of amides is 1. The molecule has 0 spiro atoms. The van der Waals surface area contributed by atoms with Gasteiger partial charge in [0.25, 0.3) is 5.91 Å². The number of para-hydroxylation sites is 1. The molecule has 0 bridgehead atoms. The number of nitrogens with zero attached hydrogens (tertiary/aromatic N) is 1. The Morgan fingerprint density at radius 2 is 1.90 bits per heavy atom. The molecule has 0 aromatic heterocycles. The quantitative estimate of drug-likeness (QED) is 0.866.